The van der Waals surface area contributed by atoms with E-state index in [9.17, 15) is 4.21 Å². The van der Waals surface area contributed by atoms with Gasteiger partial charge in [-0.2, -0.15) is 0 Å². The molecule has 1 unspecified atom stereocenters. The average Bonchev–Trinajstić information content (AvgIpc) is 3.27. The minimum atomic E-state index is -0.792. The lowest BCUT2D eigenvalue weighted by atomic mass is 10.1. The molecule has 3 nitrogen and oxygen atoms in total. The molecule has 0 bridgehead atoms. The van der Waals surface area contributed by atoms with E-state index in [4.69, 9.17) is 4.74 Å². The highest BCUT2D eigenvalue weighted by Crippen LogP contribution is 2.23. The maximum atomic E-state index is 12.1. The molecule has 0 saturated heterocycles. The smallest absolute Gasteiger partial charge is 0.123 e. The second kappa shape index (κ2) is 7.79. The number of nitrogens with one attached hydrogen (secondary N) is 1. The van der Waals surface area contributed by atoms with Gasteiger partial charge in [-0.05, 0) is 37.0 Å². The van der Waals surface area contributed by atoms with Crippen LogP contribution in [-0.2, 0) is 23.1 Å². The van der Waals surface area contributed by atoms with Crippen molar-refractivity contribution in [3.63, 3.8) is 0 Å². The van der Waals surface area contributed by atoms with Crippen LogP contribution < -0.4 is 10.1 Å². The summed E-state index contributed by atoms with van der Waals surface area (Å²) in [5, 5.41) is 3.51. The van der Waals surface area contributed by atoms with Gasteiger partial charge < -0.3 is 10.1 Å². The van der Waals surface area contributed by atoms with Gasteiger partial charge in [0.2, 0.25) is 0 Å². The summed E-state index contributed by atoms with van der Waals surface area (Å²) in [6, 6.07) is 6.93. The number of unbranched alkanes of at least 4 members (excludes halogenated alkanes) is 1. The Morgan fingerprint density at radius 3 is 2.85 bits per heavy atom. The second-order valence-corrected chi connectivity index (χ2v) is 7.02. The summed E-state index contributed by atoms with van der Waals surface area (Å²) < 4.78 is 17.5. The van der Waals surface area contributed by atoms with E-state index in [1.165, 1.54) is 18.4 Å². The van der Waals surface area contributed by atoms with E-state index in [-0.39, 0.29) is 0 Å². The third-order valence-corrected chi connectivity index (χ3v) is 4.94. The normalized spacial score (nSPS) is 16.1. The second-order valence-electron chi connectivity index (χ2n) is 5.44. The van der Waals surface area contributed by atoms with Crippen LogP contribution in [0.25, 0.3) is 0 Å². The molecule has 0 amide bonds. The average molecular weight is 295 g/mol. The molecule has 0 aromatic heterocycles. The largest absolute Gasteiger partial charge is 0.496 e. The van der Waals surface area contributed by atoms with Crippen molar-refractivity contribution in [2.75, 3.05) is 12.9 Å². The van der Waals surface area contributed by atoms with Crippen molar-refractivity contribution in [1.82, 2.24) is 5.32 Å². The van der Waals surface area contributed by atoms with E-state index < -0.39 is 10.8 Å². The van der Waals surface area contributed by atoms with E-state index in [1.54, 1.807) is 7.11 Å². The van der Waals surface area contributed by atoms with Crippen LogP contribution in [0.4, 0.5) is 0 Å². The number of hydrogen-bond donors (Lipinski definition) is 1. The Morgan fingerprint density at radius 2 is 2.20 bits per heavy atom. The maximum absolute atomic E-state index is 12.1. The van der Waals surface area contributed by atoms with Gasteiger partial charge >= 0.3 is 0 Å². The standard InChI is InChI=1S/C16H25NO2S/c1-3-4-9-20(18)12-14-10-13(5-8-16(14)19-2)11-17-15-6-7-15/h5,8,10,15,17H,3-4,6-7,9,11-12H2,1-2H3. The lowest BCUT2D eigenvalue weighted by Crippen LogP contribution is -2.15. The van der Waals surface area contributed by atoms with Crippen LogP contribution in [0.3, 0.4) is 0 Å². The molecule has 1 atom stereocenters. The molecule has 20 heavy (non-hydrogen) atoms. The van der Waals surface area contributed by atoms with Gasteiger partial charge in [0.25, 0.3) is 0 Å². The molecule has 1 aliphatic carbocycles. The molecule has 1 N–H and O–H groups in total. The van der Waals surface area contributed by atoms with Crippen LogP contribution in [-0.4, -0.2) is 23.1 Å². The van der Waals surface area contributed by atoms with Crippen molar-refractivity contribution in [3.05, 3.63) is 29.3 Å². The number of ether oxygens (including phenoxy) is 1. The Bertz CT molecular complexity index is 458. The highest BCUT2D eigenvalue weighted by atomic mass is 32.2. The Kier molecular flexibility index (Phi) is 6.05. The zero-order valence-corrected chi connectivity index (χ0v) is 13.3. The van der Waals surface area contributed by atoms with E-state index in [0.29, 0.717) is 11.8 Å². The molecule has 0 heterocycles. The van der Waals surface area contributed by atoms with Gasteiger partial charge in [-0.1, -0.05) is 19.4 Å². The van der Waals surface area contributed by atoms with E-state index >= 15 is 0 Å². The van der Waals surface area contributed by atoms with Crippen LogP contribution in [0.15, 0.2) is 18.2 Å². The summed E-state index contributed by atoms with van der Waals surface area (Å²) in [6.07, 6.45) is 4.71. The molecule has 1 saturated carbocycles. The number of hydrogen-bond acceptors (Lipinski definition) is 3. The molecule has 1 aromatic rings. The predicted molar refractivity (Wildman–Crippen MR) is 84.5 cm³/mol. The highest BCUT2D eigenvalue weighted by Gasteiger charge is 2.20. The Morgan fingerprint density at radius 1 is 1.40 bits per heavy atom. The predicted octanol–water partition coefficient (Wildman–Crippen LogP) is 3.00. The van der Waals surface area contributed by atoms with Crippen molar-refractivity contribution < 1.29 is 8.95 Å². The summed E-state index contributed by atoms with van der Waals surface area (Å²) in [5.41, 5.74) is 2.32. The minimum absolute atomic E-state index is 0.598. The fourth-order valence-corrected chi connectivity index (χ4v) is 3.48. The molecular formula is C16H25NO2S. The summed E-state index contributed by atoms with van der Waals surface area (Å²) >= 11 is 0. The SMILES string of the molecule is CCCCS(=O)Cc1cc(CNC2CC2)ccc1OC. The van der Waals surface area contributed by atoms with Crippen LogP contribution in [0, 0.1) is 0 Å². The molecule has 0 spiro atoms. The number of rotatable bonds is 9. The molecule has 1 fully saturated rings. The first-order chi connectivity index (χ1) is 9.72. The fourth-order valence-electron chi connectivity index (χ4n) is 2.16. The molecule has 1 aromatic carbocycles. The first-order valence-corrected chi connectivity index (χ1v) is 8.96. The lowest BCUT2D eigenvalue weighted by molar-refractivity contribution is 0.411. The summed E-state index contributed by atoms with van der Waals surface area (Å²) in [7, 11) is 0.885. The summed E-state index contributed by atoms with van der Waals surface area (Å²) in [4.78, 5) is 0. The Labute approximate surface area is 124 Å². The van der Waals surface area contributed by atoms with Crippen molar-refractivity contribution in [2.24, 2.45) is 0 Å². The highest BCUT2D eigenvalue weighted by molar-refractivity contribution is 7.84. The molecule has 0 aliphatic heterocycles. The zero-order chi connectivity index (χ0) is 14.4. The summed E-state index contributed by atoms with van der Waals surface area (Å²) in [5.74, 6) is 2.23. The fraction of sp³-hybridized carbons (Fsp3) is 0.625. The quantitative estimate of drug-likeness (QED) is 0.761. The number of methoxy groups -OCH3 is 1. The molecule has 112 valence electrons. The van der Waals surface area contributed by atoms with Crippen molar-refractivity contribution in [1.29, 1.82) is 0 Å². The van der Waals surface area contributed by atoms with Gasteiger partial charge in [0.1, 0.15) is 5.75 Å². The van der Waals surface area contributed by atoms with Crippen molar-refractivity contribution >= 4 is 10.8 Å². The van der Waals surface area contributed by atoms with Gasteiger partial charge in [0, 0.05) is 34.7 Å². The summed E-state index contributed by atoms with van der Waals surface area (Å²) in [6.45, 7) is 3.02. The Balaban J connectivity index is 1.99. The molecule has 1 aliphatic rings. The van der Waals surface area contributed by atoms with Gasteiger partial charge in [-0.15, -0.1) is 0 Å². The van der Waals surface area contributed by atoms with E-state index in [0.717, 1.165) is 36.5 Å². The van der Waals surface area contributed by atoms with Gasteiger partial charge in [-0.3, -0.25) is 4.21 Å². The monoisotopic (exact) mass is 295 g/mol. The lowest BCUT2D eigenvalue weighted by Gasteiger charge is -2.11. The van der Waals surface area contributed by atoms with Crippen molar-refractivity contribution in [2.45, 2.75) is 50.9 Å². The van der Waals surface area contributed by atoms with Crippen LogP contribution in [0.2, 0.25) is 0 Å². The molecular weight excluding hydrogens is 270 g/mol. The van der Waals surface area contributed by atoms with Crippen LogP contribution in [0.1, 0.15) is 43.7 Å². The first kappa shape index (κ1) is 15.5. The third-order valence-electron chi connectivity index (χ3n) is 3.56. The third kappa shape index (κ3) is 4.91. The molecule has 4 heteroatoms. The van der Waals surface area contributed by atoms with Crippen LogP contribution in [0.5, 0.6) is 5.75 Å². The van der Waals surface area contributed by atoms with Gasteiger partial charge in [0.15, 0.2) is 0 Å². The van der Waals surface area contributed by atoms with Gasteiger partial charge in [-0.25, -0.2) is 0 Å². The van der Waals surface area contributed by atoms with E-state index in [2.05, 4.69) is 24.4 Å². The first-order valence-electron chi connectivity index (χ1n) is 7.47. The minimum Gasteiger partial charge on any atom is -0.496 e. The topological polar surface area (TPSA) is 38.3 Å². The van der Waals surface area contributed by atoms with Crippen LogP contribution >= 0.6 is 0 Å². The maximum Gasteiger partial charge on any atom is 0.123 e. The zero-order valence-electron chi connectivity index (χ0n) is 12.5. The van der Waals surface area contributed by atoms with Gasteiger partial charge in [0.05, 0.1) is 12.9 Å². The van der Waals surface area contributed by atoms with E-state index in [1.807, 2.05) is 6.07 Å². The Hall–Kier alpha value is -0.870. The number of benzene rings is 1. The van der Waals surface area contributed by atoms with Crippen molar-refractivity contribution in [3.8, 4) is 5.75 Å². The molecule has 2 rings (SSSR count). The molecule has 0 radical (unpaired) electrons.